The molecule has 1 saturated heterocycles. The number of piperidine rings is 1. The lowest BCUT2D eigenvalue weighted by Gasteiger charge is -2.31. The summed E-state index contributed by atoms with van der Waals surface area (Å²) in [5, 5.41) is 0. The Morgan fingerprint density at radius 2 is 1.96 bits per heavy atom. The van der Waals surface area contributed by atoms with Crippen LogP contribution in [0.1, 0.15) is 12.8 Å². The minimum Gasteiger partial charge on any atom is -0.490 e. The third-order valence-electron chi connectivity index (χ3n) is 3.96. The van der Waals surface area contributed by atoms with Gasteiger partial charge in [0.2, 0.25) is 5.91 Å². The Morgan fingerprint density at radius 1 is 1.22 bits per heavy atom. The van der Waals surface area contributed by atoms with Gasteiger partial charge in [0.05, 0.1) is 0 Å². The molecule has 2 heterocycles. The molecule has 0 unspecified atom stereocenters. The van der Waals surface area contributed by atoms with Gasteiger partial charge in [0, 0.05) is 43.9 Å². The summed E-state index contributed by atoms with van der Waals surface area (Å²) in [7, 11) is 0. The second-order valence-electron chi connectivity index (χ2n) is 5.50. The summed E-state index contributed by atoms with van der Waals surface area (Å²) in [6, 6.07) is 7.93. The van der Waals surface area contributed by atoms with E-state index in [0.29, 0.717) is 13.1 Å². The standard InChI is InChI=1S/C18H19N3O2/c1-2-18(22)21-8-6-16(7-9-21)23-17-5-3-4-14(10-17)15-11-19-13-20-12-15/h2-5,10-13,16H,1,6-9H2. The van der Waals surface area contributed by atoms with Crippen molar-refractivity contribution in [1.82, 2.24) is 14.9 Å². The van der Waals surface area contributed by atoms with Crippen LogP contribution in [0.3, 0.4) is 0 Å². The molecule has 5 nitrogen and oxygen atoms in total. The number of rotatable bonds is 4. The maximum Gasteiger partial charge on any atom is 0.245 e. The number of hydrogen-bond acceptors (Lipinski definition) is 4. The van der Waals surface area contributed by atoms with Crippen LogP contribution in [0.25, 0.3) is 11.1 Å². The van der Waals surface area contributed by atoms with Crippen molar-refractivity contribution in [3.8, 4) is 16.9 Å². The van der Waals surface area contributed by atoms with E-state index in [1.807, 2.05) is 29.2 Å². The van der Waals surface area contributed by atoms with Gasteiger partial charge in [-0.05, 0) is 23.8 Å². The fourth-order valence-corrected chi connectivity index (χ4v) is 2.71. The van der Waals surface area contributed by atoms with E-state index in [-0.39, 0.29) is 12.0 Å². The van der Waals surface area contributed by atoms with E-state index in [4.69, 9.17) is 4.74 Å². The SMILES string of the molecule is C=CC(=O)N1CCC(Oc2cccc(-c3cncnc3)c2)CC1. The number of ether oxygens (including phenoxy) is 1. The Kier molecular flexibility index (Phi) is 4.66. The molecule has 1 aliphatic heterocycles. The van der Waals surface area contributed by atoms with Gasteiger partial charge in [-0.25, -0.2) is 9.97 Å². The average molecular weight is 309 g/mol. The average Bonchev–Trinajstić information content (AvgIpc) is 2.63. The van der Waals surface area contributed by atoms with Crippen LogP contribution in [0.5, 0.6) is 5.75 Å². The molecule has 0 N–H and O–H groups in total. The van der Waals surface area contributed by atoms with Crippen LogP contribution in [-0.2, 0) is 4.79 Å². The zero-order valence-corrected chi connectivity index (χ0v) is 12.9. The molecule has 0 radical (unpaired) electrons. The number of carbonyl (C=O) groups excluding carboxylic acids is 1. The van der Waals surface area contributed by atoms with Crippen molar-refractivity contribution in [2.45, 2.75) is 18.9 Å². The predicted molar refractivity (Wildman–Crippen MR) is 87.9 cm³/mol. The lowest BCUT2D eigenvalue weighted by Crippen LogP contribution is -2.41. The van der Waals surface area contributed by atoms with Gasteiger partial charge in [-0.15, -0.1) is 0 Å². The van der Waals surface area contributed by atoms with Gasteiger partial charge in [-0.2, -0.15) is 0 Å². The molecule has 1 amide bonds. The monoisotopic (exact) mass is 309 g/mol. The highest BCUT2D eigenvalue weighted by Crippen LogP contribution is 2.25. The van der Waals surface area contributed by atoms with Crippen molar-refractivity contribution < 1.29 is 9.53 Å². The van der Waals surface area contributed by atoms with Crippen molar-refractivity contribution in [2.75, 3.05) is 13.1 Å². The predicted octanol–water partition coefficient (Wildman–Crippen LogP) is 2.70. The molecular formula is C18H19N3O2. The van der Waals surface area contributed by atoms with Gasteiger partial charge in [0.15, 0.2) is 0 Å². The zero-order valence-electron chi connectivity index (χ0n) is 12.9. The molecule has 0 saturated carbocycles. The molecular weight excluding hydrogens is 290 g/mol. The number of likely N-dealkylation sites (tertiary alicyclic amines) is 1. The first-order valence-electron chi connectivity index (χ1n) is 7.69. The van der Waals surface area contributed by atoms with E-state index >= 15 is 0 Å². The van der Waals surface area contributed by atoms with Gasteiger partial charge >= 0.3 is 0 Å². The Bertz CT molecular complexity index is 680. The van der Waals surface area contributed by atoms with Gasteiger partial charge in [0.25, 0.3) is 0 Å². The Balaban J connectivity index is 1.63. The molecule has 118 valence electrons. The number of nitrogens with zero attached hydrogens (tertiary/aromatic N) is 3. The molecule has 5 heteroatoms. The fourth-order valence-electron chi connectivity index (χ4n) is 2.71. The van der Waals surface area contributed by atoms with Gasteiger partial charge in [-0.1, -0.05) is 18.7 Å². The molecule has 23 heavy (non-hydrogen) atoms. The summed E-state index contributed by atoms with van der Waals surface area (Å²) in [4.78, 5) is 21.5. The molecule has 0 aliphatic carbocycles. The highest BCUT2D eigenvalue weighted by molar-refractivity contribution is 5.87. The van der Waals surface area contributed by atoms with Crippen LogP contribution in [0, 0.1) is 0 Å². The third kappa shape index (κ3) is 3.74. The third-order valence-corrected chi connectivity index (χ3v) is 3.96. The molecule has 0 atom stereocenters. The van der Waals surface area contributed by atoms with Crippen molar-refractivity contribution in [2.24, 2.45) is 0 Å². The Labute approximate surface area is 135 Å². The molecule has 1 aromatic carbocycles. The van der Waals surface area contributed by atoms with E-state index in [1.54, 1.807) is 12.4 Å². The van der Waals surface area contributed by atoms with E-state index in [0.717, 1.165) is 29.7 Å². The molecule has 0 bridgehead atoms. The minimum absolute atomic E-state index is 0.00507. The van der Waals surface area contributed by atoms with Crippen molar-refractivity contribution >= 4 is 5.91 Å². The van der Waals surface area contributed by atoms with Gasteiger partial charge in [-0.3, -0.25) is 4.79 Å². The van der Waals surface area contributed by atoms with Crippen LogP contribution in [0.4, 0.5) is 0 Å². The molecule has 1 aliphatic rings. The summed E-state index contributed by atoms with van der Waals surface area (Å²) >= 11 is 0. The summed E-state index contributed by atoms with van der Waals surface area (Å²) < 4.78 is 6.07. The number of amides is 1. The number of aromatic nitrogens is 2. The highest BCUT2D eigenvalue weighted by Gasteiger charge is 2.22. The van der Waals surface area contributed by atoms with Crippen molar-refractivity contribution in [3.63, 3.8) is 0 Å². The second-order valence-corrected chi connectivity index (χ2v) is 5.50. The summed E-state index contributed by atoms with van der Waals surface area (Å²) in [5.74, 6) is 0.828. The molecule has 1 aromatic heterocycles. The molecule has 1 fully saturated rings. The topological polar surface area (TPSA) is 55.3 Å². The summed E-state index contributed by atoms with van der Waals surface area (Å²) in [6.45, 7) is 4.95. The lowest BCUT2D eigenvalue weighted by molar-refractivity contribution is -0.127. The summed E-state index contributed by atoms with van der Waals surface area (Å²) in [5.41, 5.74) is 1.99. The normalized spacial score (nSPS) is 15.2. The molecule has 3 rings (SSSR count). The van der Waals surface area contributed by atoms with Crippen molar-refractivity contribution in [3.05, 3.63) is 55.6 Å². The number of hydrogen-bond donors (Lipinski definition) is 0. The maximum atomic E-state index is 11.6. The number of carbonyl (C=O) groups is 1. The first-order chi connectivity index (χ1) is 11.3. The Hall–Kier alpha value is -2.69. The van der Waals surface area contributed by atoms with Crippen LogP contribution in [0.15, 0.2) is 55.6 Å². The minimum atomic E-state index is -0.00507. The fraction of sp³-hybridized carbons (Fsp3) is 0.278. The summed E-state index contributed by atoms with van der Waals surface area (Å²) in [6.07, 6.45) is 8.24. The van der Waals surface area contributed by atoms with E-state index < -0.39 is 0 Å². The lowest BCUT2D eigenvalue weighted by atomic mass is 10.1. The van der Waals surface area contributed by atoms with Gasteiger partial charge in [0.1, 0.15) is 18.2 Å². The maximum absolute atomic E-state index is 11.6. The zero-order chi connectivity index (χ0) is 16.1. The van der Waals surface area contributed by atoms with Crippen LogP contribution < -0.4 is 4.74 Å². The van der Waals surface area contributed by atoms with E-state index in [2.05, 4.69) is 16.5 Å². The van der Waals surface area contributed by atoms with Crippen molar-refractivity contribution in [1.29, 1.82) is 0 Å². The van der Waals surface area contributed by atoms with E-state index in [9.17, 15) is 4.79 Å². The van der Waals surface area contributed by atoms with Crippen LogP contribution in [0.2, 0.25) is 0 Å². The number of benzene rings is 1. The Morgan fingerprint density at radius 3 is 2.65 bits per heavy atom. The quantitative estimate of drug-likeness (QED) is 0.815. The molecule has 2 aromatic rings. The highest BCUT2D eigenvalue weighted by atomic mass is 16.5. The second kappa shape index (κ2) is 7.05. The first kappa shape index (κ1) is 15.2. The first-order valence-corrected chi connectivity index (χ1v) is 7.69. The van der Waals surface area contributed by atoms with E-state index in [1.165, 1.54) is 12.4 Å². The van der Waals surface area contributed by atoms with Gasteiger partial charge < -0.3 is 9.64 Å². The smallest absolute Gasteiger partial charge is 0.245 e. The van der Waals surface area contributed by atoms with Crippen LogP contribution in [-0.4, -0.2) is 40.0 Å². The largest absolute Gasteiger partial charge is 0.490 e. The van der Waals surface area contributed by atoms with Crippen LogP contribution >= 0.6 is 0 Å². The molecule has 0 spiro atoms.